The summed E-state index contributed by atoms with van der Waals surface area (Å²) >= 11 is 0. The zero-order valence-corrected chi connectivity index (χ0v) is 6.85. The Morgan fingerprint density at radius 3 is 2.36 bits per heavy atom. The molecule has 0 bridgehead atoms. The van der Waals surface area contributed by atoms with Crippen LogP contribution in [0.2, 0.25) is 0 Å². The lowest BCUT2D eigenvalue weighted by atomic mass is 10.4. The smallest absolute Gasteiger partial charge is 0.242 e. The first kappa shape index (κ1) is 8.48. The summed E-state index contributed by atoms with van der Waals surface area (Å²) in [6, 6.07) is 0. The first-order valence-electron chi connectivity index (χ1n) is 3.12. The number of nitrogens with one attached hydrogen (secondary N) is 1. The molecule has 0 saturated carbocycles. The lowest BCUT2D eigenvalue weighted by Crippen LogP contribution is -2.47. The molecule has 1 heterocycles. The summed E-state index contributed by atoms with van der Waals surface area (Å²) < 4.78 is 28.6. The minimum atomic E-state index is -3.45. The van der Waals surface area contributed by atoms with E-state index in [2.05, 4.69) is 4.74 Å². The molecule has 1 rings (SSSR count). The molecule has 0 aliphatic carbocycles. The van der Waals surface area contributed by atoms with Crippen LogP contribution in [0.4, 0.5) is 0 Å². The Hall–Kier alpha value is -0.620. The lowest BCUT2D eigenvalue weighted by molar-refractivity contribution is -0.117. The van der Waals surface area contributed by atoms with Crippen molar-refractivity contribution < 1.29 is 17.9 Å². The minimum Gasteiger partial charge on any atom is -0.378 e. The standard InChI is InChI=1S/C5H9NO4S/c1-4(7)6-11(8,9)5-2-10-3-5/h5H,2-3H2,1H3,(H,6,7). The van der Waals surface area contributed by atoms with Gasteiger partial charge in [-0.15, -0.1) is 0 Å². The van der Waals surface area contributed by atoms with Crippen molar-refractivity contribution in [3.8, 4) is 0 Å². The lowest BCUT2D eigenvalue weighted by Gasteiger charge is -2.25. The Morgan fingerprint density at radius 1 is 1.55 bits per heavy atom. The average molecular weight is 179 g/mol. The van der Waals surface area contributed by atoms with E-state index < -0.39 is 21.2 Å². The third kappa shape index (κ3) is 1.90. The number of hydrogen-bond acceptors (Lipinski definition) is 4. The van der Waals surface area contributed by atoms with Gasteiger partial charge in [-0.2, -0.15) is 0 Å². The first-order valence-corrected chi connectivity index (χ1v) is 4.67. The van der Waals surface area contributed by atoms with Gasteiger partial charge < -0.3 is 4.74 Å². The van der Waals surface area contributed by atoms with E-state index in [0.717, 1.165) is 6.92 Å². The van der Waals surface area contributed by atoms with Crippen LogP contribution in [0.15, 0.2) is 0 Å². The number of rotatable bonds is 2. The van der Waals surface area contributed by atoms with Crippen LogP contribution in [0.25, 0.3) is 0 Å². The Morgan fingerprint density at radius 2 is 2.09 bits per heavy atom. The van der Waals surface area contributed by atoms with Gasteiger partial charge in [0.25, 0.3) is 0 Å². The molecule has 0 spiro atoms. The molecule has 1 N–H and O–H groups in total. The summed E-state index contributed by atoms with van der Waals surface area (Å²) in [5, 5.41) is -0.550. The molecular formula is C5H9NO4S. The van der Waals surface area contributed by atoms with E-state index in [1.807, 2.05) is 4.72 Å². The van der Waals surface area contributed by atoms with Crippen molar-refractivity contribution in [3.63, 3.8) is 0 Å². The minimum absolute atomic E-state index is 0.183. The van der Waals surface area contributed by atoms with Crippen LogP contribution in [0, 0.1) is 0 Å². The molecule has 0 atom stereocenters. The van der Waals surface area contributed by atoms with E-state index in [4.69, 9.17) is 0 Å². The van der Waals surface area contributed by atoms with Crippen LogP contribution in [-0.4, -0.2) is 32.8 Å². The van der Waals surface area contributed by atoms with Gasteiger partial charge in [0.1, 0.15) is 5.25 Å². The van der Waals surface area contributed by atoms with Gasteiger partial charge in [-0.25, -0.2) is 8.42 Å². The van der Waals surface area contributed by atoms with E-state index in [1.54, 1.807) is 0 Å². The van der Waals surface area contributed by atoms with Crippen molar-refractivity contribution in [1.82, 2.24) is 4.72 Å². The summed E-state index contributed by atoms with van der Waals surface area (Å²) in [6.07, 6.45) is 0. The van der Waals surface area contributed by atoms with Gasteiger partial charge >= 0.3 is 0 Å². The summed E-state index contributed by atoms with van der Waals surface area (Å²) in [5.74, 6) is -0.558. The summed E-state index contributed by atoms with van der Waals surface area (Å²) in [5.41, 5.74) is 0. The SMILES string of the molecule is CC(=O)NS(=O)(=O)C1COC1. The largest absolute Gasteiger partial charge is 0.378 e. The molecule has 1 fully saturated rings. The second-order valence-corrected chi connectivity index (χ2v) is 4.32. The Bertz CT molecular complexity index is 254. The molecule has 0 radical (unpaired) electrons. The zero-order valence-electron chi connectivity index (χ0n) is 6.03. The van der Waals surface area contributed by atoms with E-state index in [9.17, 15) is 13.2 Å². The highest BCUT2D eigenvalue weighted by molar-refractivity contribution is 7.90. The fraction of sp³-hybridized carbons (Fsp3) is 0.800. The molecule has 11 heavy (non-hydrogen) atoms. The number of hydrogen-bond donors (Lipinski definition) is 1. The van der Waals surface area contributed by atoms with Crippen LogP contribution < -0.4 is 4.72 Å². The molecule has 5 nitrogen and oxygen atoms in total. The van der Waals surface area contributed by atoms with Crippen LogP contribution in [0.3, 0.4) is 0 Å². The Labute approximate surface area is 64.8 Å². The topological polar surface area (TPSA) is 72.5 Å². The molecule has 0 aromatic heterocycles. The van der Waals surface area contributed by atoms with Crippen molar-refractivity contribution in [2.45, 2.75) is 12.2 Å². The van der Waals surface area contributed by atoms with Crippen LogP contribution in [-0.2, 0) is 19.6 Å². The summed E-state index contributed by atoms with van der Waals surface area (Å²) in [6.45, 7) is 1.53. The number of sulfonamides is 1. The van der Waals surface area contributed by atoms with Crippen LogP contribution in [0.1, 0.15) is 6.92 Å². The normalized spacial score (nSPS) is 19.0. The number of amides is 1. The third-order valence-corrected chi connectivity index (χ3v) is 3.05. The predicted octanol–water partition coefficient (Wildman–Crippen LogP) is -1.15. The van der Waals surface area contributed by atoms with Crippen molar-refractivity contribution in [1.29, 1.82) is 0 Å². The highest BCUT2D eigenvalue weighted by atomic mass is 32.2. The van der Waals surface area contributed by atoms with Crippen LogP contribution >= 0.6 is 0 Å². The number of carbonyl (C=O) groups excluding carboxylic acids is 1. The molecule has 0 unspecified atom stereocenters. The fourth-order valence-electron chi connectivity index (χ4n) is 0.677. The molecule has 1 amide bonds. The Balaban J connectivity index is 2.59. The maximum Gasteiger partial charge on any atom is 0.242 e. The van der Waals surface area contributed by atoms with Crippen molar-refractivity contribution in [2.75, 3.05) is 13.2 Å². The second-order valence-electron chi connectivity index (χ2n) is 2.36. The maximum atomic E-state index is 11.0. The zero-order chi connectivity index (χ0) is 8.48. The van der Waals surface area contributed by atoms with E-state index >= 15 is 0 Å². The van der Waals surface area contributed by atoms with E-state index in [0.29, 0.717) is 0 Å². The molecule has 1 aliphatic heterocycles. The van der Waals surface area contributed by atoms with Gasteiger partial charge in [0.15, 0.2) is 0 Å². The van der Waals surface area contributed by atoms with Crippen molar-refractivity contribution >= 4 is 15.9 Å². The molecule has 0 aromatic rings. The summed E-state index contributed by atoms with van der Waals surface area (Å²) in [7, 11) is -3.45. The van der Waals surface area contributed by atoms with Gasteiger partial charge in [0.2, 0.25) is 15.9 Å². The molecule has 0 aromatic carbocycles. The molecule has 1 saturated heterocycles. The molecule has 6 heteroatoms. The van der Waals surface area contributed by atoms with Crippen molar-refractivity contribution in [2.24, 2.45) is 0 Å². The first-order chi connectivity index (χ1) is 5.02. The van der Waals surface area contributed by atoms with Crippen LogP contribution in [0.5, 0.6) is 0 Å². The van der Waals surface area contributed by atoms with Gasteiger partial charge in [0, 0.05) is 6.92 Å². The predicted molar refractivity (Wildman–Crippen MR) is 37.3 cm³/mol. The molecule has 64 valence electrons. The maximum absolute atomic E-state index is 11.0. The molecular weight excluding hydrogens is 170 g/mol. The average Bonchev–Trinajstić information content (AvgIpc) is 1.50. The van der Waals surface area contributed by atoms with Gasteiger partial charge in [0.05, 0.1) is 13.2 Å². The highest BCUT2D eigenvalue weighted by Gasteiger charge is 2.32. The van der Waals surface area contributed by atoms with Gasteiger partial charge in [-0.3, -0.25) is 9.52 Å². The number of ether oxygens (including phenoxy) is 1. The second kappa shape index (κ2) is 2.78. The fourth-order valence-corrected chi connectivity index (χ4v) is 1.79. The van der Waals surface area contributed by atoms with Crippen molar-refractivity contribution in [3.05, 3.63) is 0 Å². The Kier molecular flexibility index (Phi) is 2.15. The van der Waals surface area contributed by atoms with E-state index in [1.165, 1.54) is 0 Å². The van der Waals surface area contributed by atoms with E-state index in [-0.39, 0.29) is 13.2 Å². The molecule has 1 aliphatic rings. The summed E-state index contributed by atoms with van der Waals surface area (Å²) in [4.78, 5) is 10.4. The third-order valence-electron chi connectivity index (χ3n) is 1.33. The quantitative estimate of drug-likeness (QED) is 0.581. The number of carbonyl (C=O) groups is 1. The van der Waals surface area contributed by atoms with Gasteiger partial charge in [-0.05, 0) is 0 Å². The van der Waals surface area contributed by atoms with Gasteiger partial charge in [-0.1, -0.05) is 0 Å². The monoisotopic (exact) mass is 179 g/mol. The highest BCUT2D eigenvalue weighted by Crippen LogP contribution is 2.09.